The molecule has 1 aromatic heterocycles. The summed E-state index contributed by atoms with van der Waals surface area (Å²) in [7, 11) is 0. The van der Waals surface area contributed by atoms with Gasteiger partial charge in [0.05, 0.1) is 11.2 Å². The van der Waals surface area contributed by atoms with E-state index in [1.807, 2.05) is 6.92 Å². The van der Waals surface area contributed by atoms with Crippen LogP contribution in [0.5, 0.6) is 0 Å². The number of hydrogen-bond donors (Lipinski definition) is 2. The van der Waals surface area contributed by atoms with E-state index in [9.17, 15) is 4.79 Å². The van der Waals surface area contributed by atoms with Crippen molar-refractivity contribution >= 4 is 22.2 Å². The number of hydrogen-bond acceptors (Lipinski definition) is 4. The van der Waals surface area contributed by atoms with Gasteiger partial charge in [-0.2, -0.15) is 0 Å². The Labute approximate surface area is 92.9 Å². The maximum absolute atomic E-state index is 11.5. The van der Waals surface area contributed by atoms with E-state index in [1.165, 1.54) is 24.2 Å². The molecule has 15 heavy (non-hydrogen) atoms. The normalized spacial score (nSPS) is 17.5. The molecule has 1 amide bonds. The molecule has 1 unspecified atom stereocenters. The number of rotatable bonds is 4. The molecule has 0 aromatic carbocycles. The van der Waals surface area contributed by atoms with Crippen LogP contribution in [-0.2, 0) is 4.79 Å². The van der Waals surface area contributed by atoms with E-state index < -0.39 is 0 Å². The van der Waals surface area contributed by atoms with Gasteiger partial charge in [-0.3, -0.25) is 4.79 Å². The highest BCUT2D eigenvalue weighted by molar-refractivity contribution is 7.14. The molecule has 0 spiro atoms. The molecule has 1 aliphatic rings. The van der Waals surface area contributed by atoms with Crippen LogP contribution >= 0.6 is 11.3 Å². The number of nitrogens with zero attached hydrogens (tertiary/aromatic N) is 1. The third-order valence-corrected chi connectivity index (χ3v) is 3.08. The van der Waals surface area contributed by atoms with Crippen LogP contribution in [0, 0.1) is 0 Å². The number of carbonyl (C=O) groups excluding carboxylic acids is 1. The van der Waals surface area contributed by atoms with Crippen molar-refractivity contribution in [2.24, 2.45) is 5.73 Å². The number of thiazole rings is 1. The molecular weight excluding hydrogens is 210 g/mol. The van der Waals surface area contributed by atoms with E-state index >= 15 is 0 Å². The Morgan fingerprint density at radius 3 is 3.13 bits per heavy atom. The molecule has 2 rings (SSSR count). The van der Waals surface area contributed by atoms with E-state index in [0.29, 0.717) is 12.3 Å². The quantitative estimate of drug-likeness (QED) is 0.819. The third-order valence-electron chi connectivity index (χ3n) is 2.32. The van der Waals surface area contributed by atoms with Gasteiger partial charge in [-0.15, -0.1) is 11.3 Å². The van der Waals surface area contributed by atoms with Crippen LogP contribution < -0.4 is 11.1 Å². The molecule has 0 saturated heterocycles. The first-order valence-corrected chi connectivity index (χ1v) is 6.03. The maximum atomic E-state index is 11.5. The first-order chi connectivity index (χ1) is 7.16. The molecule has 1 heterocycles. The summed E-state index contributed by atoms with van der Waals surface area (Å²) >= 11 is 1.49. The first kappa shape index (κ1) is 10.6. The van der Waals surface area contributed by atoms with Crippen molar-refractivity contribution < 1.29 is 4.79 Å². The molecule has 1 atom stereocenters. The van der Waals surface area contributed by atoms with Crippen LogP contribution in [0.3, 0.4) is 0 Å². The predicted octanol–water partition coefficient (Wildman–Crippen LogP) is 1.70. The molecular formula is C10H15N3OS. The second-order valence-corrected chi connectivity index (χ2v) is 4.93. The van der Waals surface area contributed by atoms with Crippen LogP contribution in [0.4, 0.5) is 5.00 Å². The Hall–Kier alpha value is -0.940. The number of anilines is 1. The lowest BCUT2D eigenvalue weighted by atomic mass is 10.2. The smallest absolute Gasteiger partial charge is 0.226 e. The van der Waals surface area contributed by atoms with Crippen molar-refractivity contribution in [2.45, 2.75) is 38.1 Å². The van der Waals surface area contributed by atoms with Crippen LogP contribution in [0.1, 0.15) is 37.8 Å². The van der Waals surface area contributed by atoms with Gasteiger partial charge in [0.15, 0.2) is 0 Å². The van der Waals surface area contributed by atoms with E-state index in [-0.39, 0.29) is 11.9 Å². The van der Waals surface area contributed by atoms with Gasteiger partial charge < -0.3 is 11.1 Å². The first-order valence-electron chi connectivity index (χ1n) is 5.15. The second-order valence-electron chi connectivity index (χ2n) is 4.07. The Morgan fingerprint density at radius 2 is 2.53 bits per heavy atom. The number of amides is 1. The molecule has 1 aliphatic carbocycles. The minimum atomic E-state index is -0.0951. The molecule has 1 fully saturated rings. The summed E-state index contributed by atoms with van der Waals surface area (Å²) in [6.45, 7) is 1.83. The summed E-state index contributed by atoms with van der Waals surface area (Å²) in [6, 6.07) is -0.0951. The van der Waals surface area contributed by atoms with Crippen molar-refractivity contribution in [1.82, 2.24) is 4.98 Å². The lowest BCUT2D eigenvalue weighted by Gasteiger charge is -2.06. The third kappa shape index (κ3) is 2.76. The highest BCUT2D eigenvalue weighted by atomic mass is 32.1. The largest absolute Gasteiger partial charge is 0.327 e. The average molecular weight is 225 g/mol. The molecule has 4 nitrogen and oxygen atoms in total. The molecule has 1 aromatic rings. The fraction of sp³-hybridized carbons (Fsp3) is 0.600. The zero-order valence-electron chi connectivity index (χ0n) is 8.69. The van der Waals surface area contributed by atoms with Crippen molar-refractivity contribution in [3.05, 3.63) is 11.2 Å². The van der Waals surface area contributed by atoms with Gasteiger partial charge >= 0.3 is 0 Å². The van der Waals surface area contributed by atoms with Crippen molar-refractivity contribution in [2.75, 3.05) is 5.32 Å². The van der Waals surface area contributed by atoms with Gasteiger partial charge in [0.25, 0.3) is 0 Å². The summed E-state index contributed by atoms with van der Waals surface area (Å²) in [5.74, 6) is 0.554. The van der Waals surface area contributed by atoms with Crippen molar-refractivity contribution in [3.8, 4) is 0 Å². The number of nitrogens with two attached hydrogens (primary N) is 1. The number of nitrogens with one attached hydrogen (secondary N) is 1. The minimum Gasteiger partial charge on any atom is -0.327 e. The van der Waals surface area contributed by atoms with Crippen LogP contribution in [0.2, 0.25) is 0 Å². The van der Waals surface area contributed by atoms with E-state index in [1.54, 1.807) is 5.51 Å². The molecule has 5 heteroatoms. The zero-order valence-corrected chi connectivity index (χ0v) is 9.51. The molecule has 1 saturated carbocycles. The molecule has 0 bridgehead atoms. The van der Waals surface area contributed by atoms with Gasteiger partial charge in [-0.25, -0.2) is 4.98 Å². The average Bonchev–Trinajstić information content (AvgIpc) is 2.87. The van der Waals surface area contributed by atoms with Crippen molar-refractivity contribution in [1.29, 1.82) is 0 Å². The lowest BCUT2D eigenvalue weighted by Crippen LogP contribution is -2.24. The molecule has 0 radical (unpaired) electrons. The zero-order chi connectivity index (χ0) is 10.8. The second kappa shape index (κ2) is 4.28. The van der Waals surface area contributed by atoms with E-state index in [0.717, 1.165) is 10.7 Å². The van der Waals surface area contributed by atoms with Gasteiger partial charge in [-0.05, 0) is 19.8 Å². The van der Waals surface area contributed by atoms with E-state index in [4.69, 9.17) is 5.73 Å². The Bertz CT molecular complexity index is 357. The van der Waals surface area contributed by atoms with Crippen LogP contribution in [0.15, 0.2) is 5.51 Å². The van der Waals surface area contributed by atoms with Crippen LogP contribution in [0.25, 0.3) is 0 Å². The number of aromatic nitrogens is 1. The predicted molar refractivity (Wildman–Crippen MR) is 61.0 cm³/mol. The van der Waals surface area contributed by atoms with Gasteiger partial charge in [0, 0.05) is 18.4 Å². The highest BCUT2D eigenvalue weighted by Crippen LogP contribution is 2.43. The van der Waals surface area contributed by atoms with E-state index in [2.05, 4.69) is 10.3 Å². The summed E-state index contributed by atoms with van der Waals surface area (Å²) in [5, 5.41) is 3.79. The maximum Gasteiger partial charge on any atom is 0.226 e. The van der Waals surface area contributed by atoms with Crippen LogP contribution in [-0.4, -0.2) is 16.9 Å². The van der Waals surface area contributed by atoms with Gasteiger partial charge in [0.2, 0.25) is 5.91 Å². The SMILES string of the molecule is CC(N)CC(=O)Nc1scnc1C1CC1. The fourth-order valence-electron chi connectivity index (χ4n) is 1.47. The molecule has 0 aliphatic heterocycles. The topological polar surface area (TPSA) is 68.0 Å². The van der Waals surface area contributed by atoms with Gasteiger partial charge in [-0.1, -0.05) is 0 Å². The highest BCUT2D eigenvalue weighted by Gasteiger charge is 2.28. The summed E-state index contributed by atoms with van der Waals surface area (Å²) in [4.78, 5) is 15.8. The standard InChI is InChI=1S/C10H15N3OS/c1-6(11)4-8(14)13-10-9(7-2-3-7)12-5-15-10/h5-7H,2-4,11H2,1H3,(H,13,14). The summed E-state index contributed by atoms with van der Waals surface area (Å²) in [6.07, 6.45) is 2.75. The molecule has 3 N–H and O–H groups in total. The lowest BCUT2D eigenvalue weighted by molar-refractivity contribution is -0.116. The van der Waals surface area contributed by atoms with Crippen molar-refractivity contribution in [3.63, 3.8) is 0 Å². The summed E-state index contributed by atoms with van der Waals surface area (Å²) in [5.41, 5.74) is 8.40. The summed E-state index contributed by atoms with van der Waals surface area (Å²) < 4.78 is 0. The fourth-order valence-corrected chi connectivity index (χ4v) is 2.25. The number of carbonyl (C=O) groups is 1. The molecule has 82 valence electrons. The Morgan fingerprint density at radius 1 is 1.80 bits per heavy atom. The Kier molecular flexibility index (Phi) is 3.02. The minimum absolute atomic E-state index is 0.0175. The van der Waals surface area contributed by atoms with Gasteiger partial charge in [0.1, 0.15) is 5.00 Å². The monoisotopic (exact) mass is 225 g/mol. The Balaban J connectivity index is 1.97.